The monoisotopic (exact) mass is 260 g/mol. The van der Waals surface area contributed by atoms with Crippen LogP contribution in [-0.2, 0) is 0 Å². The molecule has 0 aliphatic rings. The summed E-state index contributed by atoms with van der Waals surface area (Å²) in [6, 6.07) is 5.64. The molecule has 0 saturated carbocycles. The topological polar surface area (TPSA) is 64.7 Å². The van der Waals surface area contributed by atoms with Gasteiger partial charge in [-0.1, -0.05) is 0 Å². The molecular weight excluding hydrogens is 252 g/mol. The standard InChI is InChI=1S/C11H8N4S2/c12-7-1-2-9-8(5-7)10(15-6-14-9)17-11-13-3-4-16-11/h1-6H,12H2. The summed E-state index contributed by atoms with van der Waals surface area (Å²) in [6.07, 6.45) is 3.35. The molecule has 1 aromatic carbocycles. The van der Waals surface area contributed by atoms with Crippen molar-refractivity contribution >= 4 is 39.7 Å². The molecule has 0 atom stereocenters. The van der Waals surface area contributed by atoms with Crippen molar-refractivity contribution in [1.29, 1.82) is 0 Å². The van der Waals surface area contributed by atoms with Crippen LogP contribution in [0.2, 0.25) is 0 Å². The molecule has 3 rings (SSSR count). The highest BCUT2D eigenvalue weighted by atomic mass is 32.2. The smallest absolute Gasteiger partial charge is 0.156 e. The zero-order valence-corrected chi connectivity index (χ0v) is 10.3. The molecule has 0 bridgehead atoms. The minimum absolute atomic E-state index is 0.716. The Labute approximate surface area is 106 Å². The van der Waals surface area contributed by atoms with Gasteiger partial charge in [-0.3, -0.25) is 0 Å². The molecule has 0 radical (unpaired) electrons. The maximum atomic E-state index is 5.79. The molecule has 4 nitrogen and oxygen atoms in total. The quantitative estimate of drug-likeness (QED) is 0.567. The fourth-order valence-electron chi connectivity index (χ4n) is 1.48. The van der Waals surface area contributed by atoms with Crippen LogP contribution < -0.4 is 5.73 Å². The second-order valence-electron chi connectivity index (χ2n) is 3.36. The lowest BCUT2D eigenvalue weighted by molar-refractivity contribution is 1.10. The highest BCUT2D eigenvalue weighted by Crippen LogP contribution is 2.32. The first-order chi connectivity index (χ1) is 8.33. The van der Waals surface area contributed by atoms with Gasteiger partial charge in [0.05, 0.1) is 5.52 Å². The van der Waals surface area contributed by atoms with Gasteiger partial charge in [0.15, 0.2) is 4.34 Å². The lowest BCUT2D eigenvalue weighted by atomic mass is 10.2. The van der Waals surface area contributed by atoms with E-state index in [2.05, 4.69) is 15.0 Å². The molecule has 0 fully saturated rings. The van der Waals surface area contributed by atoms with Gasteiger partial charge < -0.3 is 5.73 Å². The van der Waals surface area contributed by atoms with Crippen LogP contribution in [0.1, 0.15) is 0 Å². The zero-order chi connectivity index (χ0) is 11.7. The van der Waals surface area contributed by atoms with E-state index in [-0.39, 0.29) is 0 Å². The molecule has 2 N–H and O–H groups in total. The van der Waals surface area contributed by atoms with Gasteiger partial charge in [0.1, 0.15) is 11.4 Å². The van der Waals surface area contributed by atoms with Gasteiger partial charge in [-0.15, -0.1) is 11.3 Å². The Kier molecular flexibility index (Phi) is 2.66. The molecule has 2 aromatic heterocycles. The summed E-state index contributed by atoms with van der Waals surface area (Å²) in [5.74, 6) is 0. The second-order valence-corrected chi connectivity index (χ2v) is 5.49. The number of fused-ring (bicyclic) bond motifs is 1. The summed E-state index contributed by atoms with van der Waals surface area (Å²) < 4.78 is 0.965. The van der Waals surface area contributed by atoms with Gasteiger partial charge in [0.2, 0.25) is 0 Å². The first-order valence-electron chi connectivity index (χ1n) is 4.90. The van der Waals surface area contributed by atoms with E-state index in [0.29, 0.717) is 5.69 Å². The summed E-state index contributed by atoms with van der Waals surface area (Å²) in [5, 5.41) is 3.80. The highest BCUT2D eigenvalue weighted by molar-refractivity contribution is 8.01. The van der Waals surface area contributed by atoms with Gasteiger partial charge in [-0.25, -0.2) is 15.0 Å². The van der Waals surface area contributed by atoms with Crippen LogP contribution in [0.15, 0.2) is 45.5 Å². The lowest BCUT2D eigenvalue weighted by Gasteiger charge is -2.03. The first-order valence-corrected chi connectivity index (χ1v) is 6.60. The van der Waals surface area contributed by atoms with Crippen molar-refractivity contribution in [1.82, 2.24) is 15.0 Å². The number of rotatable bonds is 2. The Balaban J connectivity index is 2.12. The summed E-state index contributed by atoms with van der Waals surface area (Å²) >= 11 is 3.12. The van der Waals surface area contributed by atoms with E-state index in [1.165, 1.54) is 11.8 Å². The van der Waals surface area contributed by atoms with E-state index in [9.17, 15) is 0 Å². The van der Waals surface area contributed by atoms with E-state index < -0.39 is 0 Å². The van der Waals surface area contributed by atoms with Crippen molar-refractivity contribution in [2.45, 2.75) is 9.37 Å². The highest BCUT2D eigenvalue weighted by Gasteiger charge is 2.07. The van der Waals surface area contributed by atoms with Gasteiger partial charge in [0, 0.05) is 22.7 Å². The first kappa shape index (κ1) is 10.5. The maximum absolute atomic E-state index is 5.79. The number of thiazole rings is 1. The van der Waals surface area contributed by atoms with E-state index >= 15 is 0 Å². The number of benzene rings is 1. The molecule has 6 heteroatoms. The molecule has 0 aliphatic heterocycles. The number of nitrogen functional groups attached to an aromatic ring is 1. The molecule has 0 amide bonds. The molecule has 3 aromatic rings. The largest absolute Gasteiger partial charge is 0.399 e. The number of hydrogen-bond donors (Lipinski definition) is 1. The molecule has 0 saturated heterocycles. The third-order valence-electron chi connectivity index (χ3n) is 2.22. The summed E-state index contributed by atoms with van der Waals surface area (Å²) in [6.45, 7) is 0. The van der Waals surface area contributed by atoms with E-state index in [0.717, 1.165) is 20.3 Å². The Morgan fingerprint density at radius 2 is 2.12 bits per heavy atom. The van der Waals surface area contributed by atoms with Gasteiger partial charge in [-0.2, -0.15) is 0 Å². The zero-order valence-electron chi connectivity index (χ0n) is 8.70. The van der Waals surface area contributed by atoms with Crippen LogP contribution >= 0.6 is 23.1 Å². The van der Waals surface area contributed by atoms with Crippen LogP contribution in [0.3, 0.4) is 0 Å². The Morgan fingerprint density at radius 3 is 2.94 bits per heavy atom. The Morgan fingerprint density at radius 1 is 1.18 bits per heavy atom. The Bertz CT molecular complexity index is 652. The van der Waals surface area contributed by atoms with Crippen LogP contribution in [0, 0.1) is 0 Å². The average Bonchev–Trinajstić information content (AvgIpc) is 2.83. The molecule has 2 heterocycles. The van der Waals surface area contributed by atoms with Crippen molar-refractivity contribution in [3.63, 3.8) is 0 Å². The predicted molar refractivity (Wildman–Crippen MR) is 70.2 cm³/mol. The third-order valence-corrected chi connectivity index (χ3v) is 4.12. The van der Waals surface area contributed by atoms with Crippen LogP contribution in [0.4, 0.5) is 5.69 Å². The minimum atomic E-state index is 0.716. The SMILES string of the molecule is Nc1ccc2ncnc(Sc3nccs3)c2c1. The number of aromatic nitrogens is 3. The molecule has 0 spiro atoms. The van der Waals surface area contributed by atoms with Crippen molar-refractivity contribution < 1.29 is 0 Å². The van der Waals surface area contributed by atoms with Crippen molar-refractivity contribution in [2.24, 2.45) is 0 Å². The fraction of sp³-hybridized carbons (Fsp3) is 0. The average molecular weight is 260 g/mol. The second kappa shape index (κ2) is 4.31. The third kappa shape index (κ3) is 2.09. The van der Waals surface area contributed by atoms with E-state index in [1.54, 1.807) is 23.9 Å². The van der Waals surface area contributed by atoms with E-state index in [4.69, 9.17) is 5.73 Å². The normalized spacial score (nSPS) is 10.8. The van der Waals surface area contributed by atoms with Crippen LogP contribution in [0.25, 0.3) is 10.9 Å². The van der Waals surface area contributed by atoms with Gasteiger partial charge >= 0.3 is 0 Å². The summed E-state index contributed by atoms with van der Waals surface area (Å²) in [7, 11) is 0. The summed E-state index contributed by atoms with van der Waals surface area (Å²) in [5.41, 5.74) is 7.40. The number of nitrogens with zero attached hydrogens (tertiary/aromatic N) is 3. The lowest BCUT2D eigenvalue weighted by Crippen LogP contribution is -1.89. The number of hydrogen-bond acceptors (Lipinski definition) is 6. The van der Waals surface area contributed by atoms with Crippen molar-refractivity contribution in [3.8, 4) is 0 Å². The van der Waals surface area contributed by atoms with E-state index in [1.807, 2.05) is 23.6 Å². The molecule has 84 valence electrons. The van der Waals surface area contributed by atoms with Gasteiger partial charge in [0.25, 0.3) is 0 Å². The molecular formula is C11H8N4S2. The minimum Gasteiger partial charge on any atom is -0.399 e. The summed E-state index contributed by atoms with van der Waals surface area (Å²) in [4.78, 5) is 12.7. The molecule has 17 heavy (non-hydrogen) atoms. The van der Waals surface area contributed by atoms with Crippen molar-refractivity contribution in [3.05, 3.63) is 36.1 Å². The van der Waals surface area contributed by atoms with Crippen LogP contribution in [0.5, 0.6) is 0 Å². The fourth-order valence-corrected chi connectivity index (χ4v) is 3.08. The Hall–Kier alpha value is -1.66. The molecule has 0 unspecified atom stereocenters. The number of anilines is 1. The maximum Gasteiger partial charge on any atom is 0.156 e. The predicted octanol–water partition coefficient (Wildman–Crippen LogP) is 2.82. The molecule has 0 aliphatic carbocycles. The number of nitrogens with two attached hydrogens (primary N) is 1. The van der Waals surface area contributed by atoms with Gasteiger partial charge in [-0.05, 0) is 30.0 Å². The van der Waals surface area contributed by atoms with Crippen LogP contribution in [-0.4, -0.2) is 15.0 Å². The van der Waals surface area contributed by atoms with Crippen molar-refractivity contribution in [2.75, 3.05) is 5.73 Å².